The molecule has 0 atom stereocenters. The Hall–Kier alpha value is -4.76. The Morgan fingerprint density at radius 1 is 0.457 bits per heavy atom. The molecule has 3 nitrogen and oxygen atoms in total. The summed E-state index contributed by atoms with van der Waals surface area (Å²) in [6.45, 7) is 0. The van der Waals surface area contributed by atoms with E-state index in [9.17, 15) is 0 Å². The van der Waals surface area contributed by atoms with Gasteiger partial charge in [-0.2, -0.15) is 0 Å². The van der Waals surface area contributed by atoms with Gasteiger partial charge in [0.2, 0.25) is 0 Å². The molecule has 3 heteroatoms. The molecule has 0 aliphatic heterocycles. The first kappa shape index (κ1) is 19.7. The van der Waals surface area contributed by atoms with Gasteiger partial charge in [-0.25, -0.2) is 9.97 Å². The molecule has 0 fully saturated rings. The van der Waals surface area contributed by atoms with Crippen molar-refractivity contribution in [2.24, 2.45) is 0 Å². The highest BCUT2D eigenvalue weighted by atomic mass is 16.3. The van der Waals surface area contributed by atoms with Crippen molar-refractivity contribution in [3.63, 3.8) is 0 Å². The van der Waals surface area contributed by atoms with Gasteiger partial charge in [-0.05, 0) is 35.4 Å². The molecule has 5 aromatic carbocycles. The lowest BCUT2D eigenvalue weighted by atomic mass is 9.98. The van der Waals surface area contributed by atoms with Crippen LogP contribution in [0.5, 0.6) is 0 Å². The third-order valence-corrected chi connectivity index (χ3v) is 6.47. The Kier molecular flexibility index (Phi) is 4.46. The molecule has 7 rings (SSSR count). The van der Waals surface area contributed by atoms with Crippen LogP contribution in [0.1, 0.15) is 0 Å². The molecular formula is C32H20N2O. The van der Waals surface area contributed by atoms with Crippen LogP contribution in [-0.2, 0) is 0 Å². The van der Waals surface area contributed by atoms with Crippen molar-refractivity contribution in [1.29, 1.82) is 0 Å². The number of fused-ring (bicyclic) bond motifs is 4. The number of hydrogen-bond donors (Lipinski definition) is 0. The molecule has 0 aliphatic rings. The summed E-state index contributed by atoms with van der Waals surface area (Å²) in [7, 11) is 0. The van der Waals surface area contributed by atoms with Gasteiger partial charge in [0, 0.05) is 21.9 Å². The summed E-state index contributed by atoms with van der Waals surface area (Å²) in [5, 5.41) is 2.24. The van der Waals surface area contributed by atoms with E-state index in [1.54, 1.807) is 0 Å². The largest absolute Gasteiger partial charge is 0.456 e. The second-order valence-electron chi connectivity index (χ2n) is 8.63. The first-order valence-electron chi connectivity index (χ1n) is 11.7. The molecule has 35 heavy (non-hydrogen) atoms. The molecule has 0 unspecified atom stereocenters. The van der Waals surface area contributed by atoms with Crippen molar-refractivity contribution in [2.75, 3.05) is 0 Å². The smallest absolute Gasteiger partial charge is 0.136 e. The van der Waals surface area contributed by atoms with Gasteiger partial charge in [0.1, 0.15) is 11.2 Å². The van der Waals surface area contributed by atoms with E-state index in [1.165, 1.54) is 0 Å². The minimum Gasteiger partial charge on any atom is -0.456 e. The number of rotatable bonds is 3. The van der Waals surface area contributed by atoms with Crippen molar-refractivity contribution >= 4 is 33.0 Å². The van der Waals surface area contributed by atoms with Crippen LogP contribution in [0.15, 0.2) is 126 Å². The van der Waals surface area contributed by atoms with Crippen LogP contribution >= 0.6 is 0 Å². The van der Waals surface area contributed by atoms with E-state index in [-0.39, 0.29) is 0 Å². The van der Waals surface area contributed by atoms with E-state index >= 15 is 0 Å². The molecule has 0 aliphatic carbocycles. The second kappa shape index (κ2) is 7.93. The molecule has 2 aromatic heterocycles. The van der Waals surface area contributed by atoms with E-state index in [4.69, 9.17) is 14.4 Å². The summed E-state index contributed by atoms with van der Waals surface area (Å²) in [5.74, 6) is 0. The van der Waals surface area contributed by atoms with Gasteiger partial charge >= 0.3 is 0 Å². The monoisotopic (exact) mass is 448 g/mol. The molecule has 7 aromatic rings. The number of aromatic nitrogens is 2. The normalized spacial score (nSPS) is 11.4. The van der Waals surface area contributed by atoms with Crippen LogP contribution < -0.4 is 0 Å². The molecular weight excluding hydrogens is 428 g/mol. The summed E-state index contributed by atoms with van der Waals surface area (Å²) in [4.78, 5) is 10.2. The topological polar surface area (TPSA) is 38.9 Å². The Morgan fingerprint density at radius 3 is 1.83 bits per heavy atom. The third-order valence-electron chi connectivity index (χ3n) is 6.47. The standard InChI is InChI=1S/C32H20N2O/c1-3-10-21(11-4-1)31-32(22-12-5-2-6-13-22)34-27-20-23(18-19-26(27)33-31)24-15-9-17-29-30(24)25-14-7-8-16-28(25)35-29/h1-20H. The number of nitrogens with zero attached hydrogens (tertiary/aromatic N) is 2. The van der Waals surface area contributed by atoms with Crippen molar-refractivity contribution in [2.45, 2.75) is 0 Å². The second-order valence-corrected chi connectivity index (χ2v) is 8.63. The average Bonchev–Trinajstić information content (AvgIpc) is 3.32. The van der Waals surface area contributed by atoms with Gasteiger partial charge in [0.15, 0.2) is 0 Å². The fraction of sp³-hybridized carbons (Fsp3) is 0. The Morgan fingerprint density at radius 2 is 1.09 bits per heavy atom. The van der Waals surface area contributed by atoms with Gasteiger partial charge in [0.05, 0.1) is 22.4 Å². The molecule has 0 spiro atoms. The van der Waals surface area contributed by atoms with Crippen molar-refractivity contribution in [3.05, 3.63) is 121 Å². The molecule has 0 amide bonds. The Bertz CT molecular complexity index is 1840. The van der Waals surface area contributed by atoms with E-state index in [0.717, 1.165) is 66.6 Å². The maximum Gasteiger partial charge on any atom is 0.136 e. The molecule has 0 saturated carbocycles. The summed E-state index contributed by atoms with van der Waals surface area (Å²) in [6, 6.07) is 41.3. The number of hydrogen-bond acceptors (Lipinski definition) is 3. The lowest BCUT2D eigenvalue weighted by Crippen LogP contribution is -1.96. The fourth-order valence-corrected chi connectivity index (χ4v) is 4.83. The maximum atomic E-state index is 6.12. The lowest BCUT2D eigenvalue weighted by molar-refractivity contribution is 0.669. The molecule has 0 N–H and O–H groups in total. The van der Waals surface area contributed by atoms with E-state index in [1.807, 2.05) is 60.7 Å². The zero-order chi connectivity index (χ0) is 23.2. The molecule has 0 saturated heterocycles. The minimum absolute atomic E-state index is 0.867. The van der Waals surface area contributed by atoms with Gasteiger partial charge in [-0.1, -0.05) is 97.1 Å². The third kappa shape index (κ3) is 3.29. The lowest BCUT2D eigenvalue weighted by Gasteiger charge is -2.12. The number of para-hydroxylation sites is 1. The van der Waals surface area contributed by atoms with Crippen LogP contribution in [0.25, 0.3) is 66.6 Å². The van der Waals surface area contributed by atoms with Crippen molar-refractivity contribution in [1.82, 2.24) is 9.97 Å². The van der Waals surface area contributed by atoms with E-state index < -0.39 is 0 Å². The summed E-state index contributed by atoms with van der Waals surface area (Å²) >= 11 is 0. The first-order chi connectivity index (χ1) is 17.3. The van der Waals surface area contributed by atoms with Crippen molar-refractivity contribution in [3.8, 4) is 33.6 Å². The van der Waals surface area contributed by atoms with Gasteiger partial charge < -0.3 is 4.42 Å². The highest BCUT2D eigenvalue weighted by Gasteiger charge is 2.16. The zero-order valence-corrected chi connectivity index (χ0v) is 18.8. The molecule has 164 valence electrons. The minimum atomic E-state index is 0.867. The Balaban J connectivity index is 1.48. The van der Waals surface area contributed by atoms with Gasteiger partial charge in [-0.15, -0.1) is 0 Å². The molecule has 0 radical (unpaired) electrons. The van der Waals surface area contributed by atoms with Crippen LogP contribution in [0.4, 0.5) is 0 Å². The van der Waals surface area contributed by atoms with E-state index in [2.05, 4.69) is 60.7 Å². The van der Waals surface area contributed by atoms with Crippen molar-refractivity contribution < 1.29 is 4.42 Å². The number of benzene rings is 5. The van der Waals surface area contributed by atoms with Crippen LogP contribution in [0.3, 0.4) is 0 Å². The van der Waals surface area contributed by atoms with Gasteiger partial charge in [0.25, 0.3) is 0 Å². The highest BCUT2D eigenvalue weighted by Crippen LogP contribution is 2.38. The van der Waals surface area contributed by atoms with Gasteiger partial charge in [-0.3, -0.25) is 0 Å². The highest BCUT2D eigenvalue weighted by molar-refractivity contribution is 6.12. The molecule has 0 bridgehead atoms. The Labute approximate surface area is 202 Å². The predicted molar refractivity (Wildman–Crippen MR) is 143 cm³/mol. The maximum absolute atomic E-state index is 6.12. The summed E-state index contributed by atoms with van der Waals surface area (Å²) < 4.78 is 6.12. The number of furan rings is 1. The van der Waals surface area contributed by atoms with Crippen LogP contribution in [0, 0.1) is 0 Å². The first-order valence-corrected chi connectivity index (χ1v) is 11.7. The molecule has 2 heterocycles. The predicted octanol–water partition coefficient (Wildman–Crippen LogP) is 8.53. The zero-order valence-electron chi connectivity index (χ0n) is 18.8. The quantitative estimate of drug-likeness (QED) is 0.272. The SMILES string of the molecule is c1ccc(-c2nc3ccc(-c4cccc5oc6ccccc6c45)cc3nc2-c2ccccc2)cc1. The summed E-state index contributed by atoms with van der Waals surface area (Å²) in [6.07, 6.45) is 0. The van der Waals surface area contributed by atoms with Crippen LogP contribution in [-0.4, -0.2) is 9.97 Å². The fourth-order valence-electron chi connectivity index (χ4n) is 4.83. The van der Waals surface area contributed by atoms with Crippen LogP contribution in [0.2, 0.25) is 0 Å². The summed E-state index contributed by atoms with van der Waals surface area (Å²) in [5.41, 5.74) is 9.62. The van der Waals surface area contributed by atoms with E-state index in [0.29, 0.717) is 0 Å². The average molecular weight is 449 g/mol.